The van der Waals surface area contributed by atoms with Crippen molar-refractivity contribution in [3.63, 3.8) is 0 Å². The van der Waals surface area contributed by atoms with Crippen molar-refractivity contribution in [2.45, 2.75) is 6.10 Å². The van der Waals surface area contributed by atoms with Crippen LogP contribution in [0.4, 0.5) is 5.69 Å². The summed E-state index contributed by atoms with van der Waals surface area (Å²) in [5.41, 5.74) is 0.446. The summed E-state index contributed by atoms with van der Waals surface area (Å²) in [6, 6.07) is 10.6. The van der Waals surface area contributed by atoms with Crippen molar-refractivity contribution in [3.05, 3.63) is 47.7 Å². The number of ether oxygens (including phenoxy) is 2. The minimum absolute atomic E-state index is 0.153. The first-order chi connectivity index (χ1) is 9.74. The van der Waals surface area contributed by atoms with Crippen molar-refractivity contribution in [3.8, 4) is 11.5 Å². The topological polar surface area (TPSA) is 60.5 Å². The Hall–Kier alpha value is -2.27. The summed E-state index contributed by atoms with van der Waals surface area (Å²) in [7, 11) is 0. The number of amides is 1. The van der Waals surface area contributed by atoms with Crippen molar-refractivity contribution >= 4 is 23.2 Å². The molecule has 2 heterocycles. The standard InChI is InChI=1S/C14H11ClN2O3/c15-13-9(4-3-7-16-13)17-14(18)12-8-19-10-5-1-2-6-11(10)20-12/h1-7,12H,8H2,(H,17,18). The highest BCUT2D eigenvalue weighted by atomic mass is 35.5. The Kier molecular flexibility index (Phi) is 3.43. The Balaban J connectivity index is 1.72. The molecule has 0 saturated heterocycles. The third-order valence-corrected chi connectivity index (χ3v) is 3.12. The van der Waals surface area contributed by atoms with Gasteiger partial charge in [0.15, 0.2) is 16.7 Å². The maximum absolute atomic E-state index is 12.1. The lowest BCUT2D eigenvalue weighted by molar-refractivity contribution is -0.125. The van der Waals surface area contributed by atoms with E-state index < -0.39 is 6.10 Å². The molecule has 1 aliphatic heterocycles. The highest BCUT2D eigenvalue weighted by Crippen LogP contribution is 2.31. The Bertz CT molecular complexity index is 648. The molecule has 1 aromatic heterocycles. The molecule has 1 amide bonds. The second-order valence-electron chi connectivity index (χ2n) is 4.20. The van der Waals surface area contributed by atoms with Gasteiger partial charge in [-0.3, -0.25) is 4.79 Å². The molecule has 0 fully saturated rings. The fourth-order valence-electron chi connectivity index (χ4n) is 1.84. The molecule has 20 heavy (non-hydrogen) atoms. The van der Waals surface area contributed by atoms with Gasteiger partial charge in [0.05, 0.1) is 5.69 Å². The summed E-state index contributed by atoms with van der Waals surface area (Å²) in [5.74, 6) is 0.863. The first kappa shape index (κ1) is 12.7. The molecule has 0 radical (unpaired) electrons. The lowest BCUT2D eigenvalue weighted by Gasteiger charge is -2.25. The van der Waals surface area contributed by atoms with Gasteiger partial charge in [0, 0.05) is 6.20 Å². The zero-order chi connectivity index (χ0) is 13.9. The van der Waals surface area contributed by atoms with E-state index in [1.807, 2.05) is 12.1 Å². The minimum atomic E-state index is -0.721. The van der Waals surface area contributed by atoms with Crippen LogP contribution in [0.2, 0.25) is 5.15 Å². The van der Waals surface area contributed by atoms with Gasteiger partial charge in [0.2, 0.25) is 6.10 Å². The lowest BCUT2D eigenvalue weighted by Crippen LogP contribution is -2.40. The smallest absolute Gasteiger partial charge is 0.269 e. The molecule has 0 bridgehead atoms. The molecular formula is C14H11ClN2O3. The van der Waals surface area contributed by atoms with Crippen LogP contribution in [0, 0.1) is 0 Å². The number of halogens is 1. The van der Waals surface area contributed by atoms with Gasteiger partial charge in [0.1, 0.15) is 6.61 Å². The van der Waals surface area contributed by atoms with Crippen molar-refractivity contribution < 1.29 is 14.3 Å². The molecule has 0 aliphatic carbocycles. The van der Waals surface area contributed by atoms with Crippen LogP contribution >= 0.6 is 11.6 Å². The van der Waals surface area contributed by atoms with Gasteiger partial charge in [-0.1, -0.05) is 23.7 Å². The zero-order valence-electron chi connectivity index (χ0n) is 10.4. The second kappa shape index (κ2) is 5.38. The average molecular weight is 291 g/mol. The number of aromatic nitrogens is 1. The predicted octanol–water partition coefficient (Wildman–Crippen LogP) is 2.51. The van der Waals surface area contributed by atoms with Crippen LogP contribution in [-0.4, -0.2) is 23.6 Å². The molecular weight excluding hydrogens is 280 g/mol. The van der Waals surface area contributed by atoms with Crippen molar-refractivity contribution in [2.24, 2.45) is 0 Å². The van der Waals surface area contributed by atoms with Gasteiger partial charge < -0.3 is 14.8 Å². The van der Waals surface area contributed by atoms with E-state index in [0.717, 1.165) is 0 Å². The summed E-state index contributed by atoms with van der Waals surface area (Å²) in [5, 5.41) is 2.91. The van der Waals surface area contributed by atoms with E-state index in [0.29, 0.717) is 17.2 Å². The Morgan fingerprint density at radius 1 is 1.25 bits per heavy atom. The fraction of sp³-hybridized carbons (Fsp3) is 0.143. The van der Waals surface area contributed by atoms with Crippen LogP contribution in [0.1, 0.15) is 0 Å². The van der Waals surface area contributed by atoms with E-state index in [-0.39, 0.29) is 17.7 Å². The Morgan fingerprint density at radius 2 is 2.05 bits per heavy atom. The molecule has 1 unspecified atom stereocenters. The SMILES string of the molecule is O=C(Nc1cccnc1Cl)C1COc2ccccc2O1. The lowest BCUT2D eigenvalue weighted by atomic mass is 10.2. The third kappa shape index (κ3) is 2.53. The molecule has 0 saturated carbocycles. The summed E-state index contributed by atoms with van der Waals surface area (Å²) < 4.78 is 11.1. The quantitative estimate of drug-likeness (QED) is 0.863. The van der Waals surface area contributed by atoms with Crippen LogP contribution in [0.3, 0.4) is 0 Å². The molecule has 1 N–H and O–H groups in total. The number of nitrogens with one attached hydrogen (secondary N) is 1. The van der Waals surface area contributed by atoms with Crippen LogP contribution in [0.5, 0.6) is 11.5 Å². The van der Waals surface area contributed by atoms with Crippen molar-refractivity contribution in [1.29, 1.82) is 0 Å². The Labute approximate surface area is 120 Å². The van der Waals surface area contributed by atoms with Crippen molar-refractivity contribution in [1.82, 2.24) is 4.98 Å². The summed E-state index contributed by atoms with van der Waals surface area (Å²) in [6.45, 7) is 0.153. The molecule has 1 aromatic carbocycles. The number of nitrogens with zero attached hydrogens (tertiary/aromatic N) is 1. The van der Waals surface area contributed by atoms with Gasteiger partial charge in [-0.2, -0.15) is 0 Å². The maximum Gasteiger partial charge on any atom is 0.269 e. The number of para-hydroxylation sites is 2. The molecule has 1 aliphatic rings. The molecule has 6 heteroatoms. The minimum Gasteiger partial charge on any atom is -0.485 e. The monoisotopic (exact) mass is 290 g/mol. The van der Waals surface area contributed by atoms with E-state index in [9.17, 15) is 4.79 Å². The first-order valence-corrected chi connectivity index (χ1v) is 6.42. The van der Waals surface area contributed by atoms with E-state index in [4.69, 9.17) is 21.1 Å². The average Bonchev–Trinajstić information content (AvgIpc) is 2.49. The van der Waals surface area contributed by atoms with Gasteiger partial charge >= 0.3 is 0 Å². The van der Waals surface area contributed by atoms with Gasteiger partial charge in [-0.15, -0.1) is 0 Å². The van der Waals surface area contributed by atoms with Crippen LogP contribution in [0.15, 0.2) is 42.6 Å². The normalized spacial score (nSPS) is 16.6. The van der Waals surface area contributed by atoms with Crippen LogP contribution < -0.4 is 14.8 Å². The number of carbonyl (C=O) groups excluding carboxylic acids is 1. The number of benzene rings is 1. The number of hydrogen-bond acceptors (Lipinski definition) is 4. The van der Waals surface area contributed by atoms with Crippen LogP contribution in [0.25, 0.3) is 0 Å². The number of carbonyl (C=O) groups is 1. The fourth-order valence-corrected chi connectivity index (χ4v) is 2.01. The maximum atomic E-state index is 12.1. The second-order valence-corrected chi connectivity index (χ2v) is 4.55. The van der Waals surface area contributed by atoms with Gasteiger partial charge in [-0.25, -0.2) is 4.98 Å². The third-order valence-electron chi connectivity index (χ3n) is 2.82. The first-order valence-electron chi connectivity index (χ1n) is 6.04. The van der Waals surface area contributed by atoms with Crippen LogP contribution in [-0.2, 0) is 4.79 Å². The summed E-state index contributed by atoms with van der Waals surface area (Å²) in [6.07, 6.45) is 0.829. The highest BCUT2D eigenvalue weighted by molar-refractivity contribution is 6.32. The van der Waals surface area contributed by atoms with E-state index in [1.165, 1.54) is 0 Å². The van der Waals surface area contributed by atoms with E-state index in [2.05, 4.69) is 10.3 Å². The number of anilines is 1. The molecule has 3 rings (SSSR count). The van der Waals surface area contributed by atoms with Gasteiger partial charge in [0.25, 0.3) is 5.91 Å². The molecule has 5 nitrogen and oxygen atoms in total. The number of fused-ring (bicyclic) bond motifs is 1. The number of hydrogen-bond donors (Lipinski definition) is 1. The summed E-state index contributed by atoms with van der Waals surface area (Å²) in [4.78, 5) is 16.0. The molecule has 102 valence electrons. The largest absolute Gasteiger partial charge is 0.485 e. The van der Waals surface area contributed by atoms with E-state index >= 15 is 0 Å². The molecule has 0 spiro atoms. The highest BCUT2D eigenvalue weighted by Gasteiger charge is 2.27. The van der Waals surface area contributed by atoms with Crippen molar-refractivity contribution in [2.75, 3.05) is 11.9 Å². The zero-order valence-corrected chi connectivity index (χ0v) is 11.1. The number of pyridine rings is 1. The number of rotatable bonds is 2. The molecule has 1 atom stereocenters. The van der Waals surface area contributed by atoms with Gasteiger partial charge in [-0.05, 0) is 24.3 Å². The Morgan fingerprint density at radius 3 is 2.85 bits per heavy atom. The summed E-state index contributed by atoms with van der Waals surface area (Å²) >= 11 is 5.89. The molecule has 2 aromatic rings. The predicted molar refractivity (Wildman–Crippen MR) is 74.2 cm³/mol. The van der Waals surface area contributed by atoms with E-state index in [1.54, 1.807) is 30.5 Å².